The molecule has 0 atom stereocenters. The third-order valence-corrected chi connectivity index (χ3v) is 4.64. The van der Waals surface area contributed by atoms with Crippen molar-refractivity contribution in [2.75, 3.05) is 0 Å². The van der Waals surface area contributed by atoms with Crippen LogP contribution in [0, 0.1) is 22.4 Å². The quantitative estimate of drug-likeness (QED) is 0.423. The molecule has 2 aromatic carbocycles. The van der Waals surface area contributed by atoms with E-state index in [0.717, 1.165) is 0 Å². The number of nitrogens with zero attached hydrogens (tertiary/aromatic N) is 2. The standard InChI is InChI=1S/C16H9Cl2F2IN2/c1-8-2-7-11(19)12(13(8)20)14-15(18)22-16(21)23(14)10-5-3-9(17)4-6-10/h2-7H,1H3. The summed E-state index contributed by atoms with van der Waals surface area (Å²) in [5, 5.41) is 0.595. The van der Waals surface area contributed by atoms with Crippen molar-refractivity contribution in [1.82, 2.24) is 9.55 Å². The topological polar surface area (TPSA) is 17.8 Å². The molecule has 1 heterocycles. The number of aromatic nitrogens is 2. The SMILES string of the molecule is Cc1ccc(F)c(-c2c(Cl)nc(I)n2-c2ccc(Cl)cc2)c1F. The predicted molar refractivity (Wildman–Crippen MR) is 96.4 cm³/mol. The van der Waals surface area contributed by atoms with E-state index in [1.807, 2.05) is 22.6 Å². The van der Waals surface area contributed by atoms with E-state index in [1.54, 1.807) is 35.8 Å². The molecule has 0 saturated carbocycles. The Morgan fingerprint density at radius 1 is 1.04 bits per heavy atom. The van der Waals surface area contributed by atoms with Gasteiger partial charge in [-0.1, -0.05) is 29.3 Å². The van der Waals surface area contributed by atoms with Crippen LogP contribution in [0.1, 0.15) is 5.56 Å². The number of halogens is 5. The van der Waals surface area contributed by atoms with Gasteiger partial charge in [0.2, 0.25) is 0 Å². The van der Waals surface area contributed by atoms with Crippen molar-refractivity contribution < 1.29 is 8.78 Å². The van der Waals surface area contributed by atoms with Crippen LogP contribution in [-0.2, 0) is 0 Å². The summed E-state index contributed by atoms with van der Waals surface area (Å²) in [7, 11) is 0. The minimum atomic E-state index is -0.693. The summed E-state index contributed by atoms with van der Waals surface area (Å²) in [6.07, 6.45) is 0. The summed E-state index contributed by atoms with van der Waals surface area (Å²) in [6.45, 7) is 1.57. The highest BCUT2D eigenvalue weighted by molar-refractivity contribution is 14.1. The molecule has 0 fully saturated rings. The maximum Gasteiger partial charge on any atom is 0.177 e. The average molecular weight is 465 g/mol. The molecule has 0 radical (unpaired) electrons. The van der Waals surface area contributed by atoms with Gasteiger partial charge < -0.3 is 0 Å². The molecule has 0 aliphatic carbocycles. The predicted octanol–water partition coefficient (Wildman–Crippen LogP) is 6.04. The molecule has 0 N–H and O–H groups in total. The third-order valence-electron chi connectivity index (χ3n) is 3.40. The molecule has 3 aromatic rings. The van der Waals surface area contributed by atoms with E-state index in [9.17, 15) is 8.78 Å². The molecular formula is C16H9Cl2F2IN2. The first-order chi connectivity index (χ1) is 10.9. The molecule has 0 aliphatic rings. The molecule has 0 aliphatic heterocycles. The van der Waals surface area contributed by atoms with Crippen LogP contribution in [0.25, 0.3) is 16.9 Å². The maximum absolute atomic E-state index is 14.5. The normalized spacial score (nSPS) is 11.0. The van der Waals surface area contributed by atoms with Gasteiger partial charge in [0.25, 0.3) is 0 Å². The van der Waals surface area contributed by atoms with E-state index in [0.29, 0.717) is 20.1 Å². The summed E-state index contributed by atoms with van der Waals surface area (Å²) >= 11 is 14.0. The second kappa shape index (κ2) is 6.37. The molecule has 118 valence electrons. The van der Waals surface area contributed by atoms with Gasteiger partial charge >= 0.3 is 0 Å². The lowest BCUT2D eigenvalue weighted by atomic mass is 10.1. The minimum Gasteiger partial charge on any atom is -0.286 e. The highest BCUT2D eigenvalue weighted by atomic mass is 127. The largest absolute Gasteiger partial charge is 0.286 e. The van der Waals surface area contributed by atoms with Gasteiger partial charge in [-0.3, -0.25) is 4.57 Å². The summed E-state index contributed by atoms with van der Waals surface area (Å²) in [5.41, 5.74) is 0.974. The number of hydrogen-bond donors (Lipinski definition) is 0. The highest BCUT2D eigenvalue weighted by Crippen LogP contribution is 2.36. The fourth-order valence-corrected chi connectivity index (χ4v) is 3.57. The van der Waals surface area contributed by atoms with E-state index in [4.69, 9.17) is 23.2 Å². The first-order valence-corrected chi connectivity index (χ1v) is 8.38. The third kappa shape index (κ3) is 2.97. The van der Waals surface area contributed by atoms with Gasteiger partial charge in [0, 0.05) is 33.3 Å². The Morgan fingerprint density at radius 3 is 2.35 bits per heavy atom. The van der Waals surface area contributed by atoms with Crippen molar-refractivity contribution in [3.8, 4) is 16.9 Å². The van der Waals surface area contributed by atoms with Crippen LogP contribution in [0.4, 0.5) is 8.78 Å². The molecule has 7 heteroatoms. The van der Waals surface area contributed by atoms with Gasteiger partial charge in [-0.2, -0.15) is 0 Å². The Hall–Kier alpha value is -1.18. The van der Waals surface area contributed by atoms with Crippen LogP contribution in [-0.4, -0.2) is 9.55 Å². The molecular weight excluding hydrogens is 456 g/mol. The monoisotopic (exact) mass is 464 g/mol. The first kappa shape index (κ1) is 16.7. The highest BCUT2D eigenvalue weighted by Gasteiger charge is 2.24. The molecule has 0 saturated heterocycles. The van der Waals surface area contributed by atoms with Gasteiger partial charge in [-0.25, -0.2) is 13.8 Å². The minimum absolute atomic E-state index is 0.0350. The fraction of sp³-hybridized carbons (Fsp3) is 0.0625. The maximum atomic E-state index is 14.5. The summed E-state index contributed by atoms with van der Waals surface area (Å²) in [5.74, 6) is -1.35. The van der Waals surface area contributed by atoms with Crippen molar-refractivity contribution in [1.29, 1.82) is 0 Å². The summed E-state index contributed by atoms with van der Waals surface area (Å²) < 4.78 is 30.9. The van der Waals surface area contributed by atoms with E-state index >= 15 is 0 Å². The molecule has 0 unspecified atom stereocenters. The van der Waals surface area contributed by atoms with Gasteiger partial charge in [-0.05, 0) is 42.8 Å². The molecule has 2 nitrogen and oxygen atoms in total. The Morgan fingerprint density at radius 2 is 1.70 bits per heavy atom. The summed E-state index contributed by atoms with van der Waals surface area (Å²) in [6, 6.07) is 9.45. The van der Waals surface area contributed by atoms with Crippen LogP contribution < -0.4 is 0 Å². The van der Waals surface area contributed by atoms with E-state index in [2.05, 4.69) is 4.98 Å². The first-order valence-electron chi connectivity index (χ1n) is 6.54. The molecule has 0 bridgehead atoms. The second-order valence-electron chi connectivity index (χ2n) is 4.89. The zero-order chi connectivity index (χ0) is 16.7. The number of imidazole rings is 1. The average Bonchev–Trinajstić information content (AvgIpc) is 2.79. The van der Waals surface area contributed by atoms with E-state index in [1.165, 1.54) is 12.1 Å². The number of aryl methyl sites for hydroxylation is 1. The molecule has 0 spiro atoms. The molecule has 3 rings (SSSR count). The smallest absolute Gasteiger partial charge is 0.177 e. The van der Waals surface area contributed by atoms with Crippen LogP contribution in [0.2, 0.25) is 10.2 Å². The number of rotatable bonds is 2. The van der Waals surface area contributed by atoms with Crippen LogP contribution in [0.5, 0.6) is 0 Å². The molecule has 1 aromatic heterocycles. The summed E-state index contributed by atoms with van der Waals surface area (Å²) in [4.78, 5) is 4.15. The fourth-order valence-electron chi connectivity index (χ4n) is 2.28. The van der Waals surface area contributed by atoms with Gasteiger partial charge in [0.05, 0.1) is 11.3 Å². The van der Waals surface area contributed by atoms with E-state index < -0.39 is 11.6 Å². The lowest BCUT2D eigenvalue weighted by molar-refractivity contribution is 0.582. The lowest BCUT2D eigenvalue weighted by Gasteiger charge is -2.13. The zero-order valence-corrected chi connectivity index (χ0v) is 15.4. The van der Waals surface area contributed by atoms with Crippen molar-refractivity contribution >= 4 is 45.8 Å². The Kier molecular flexibility index (Phi) is 4.62. The Balaban J connectivity index is 2.34. The zero-order valence-electron chi connectivity index (χ0n) is 11.7. The number of benzene rings is 2. The van der Waals surface area contributed by atoms with Crippen molar-refractivity contribution in [2.24, 2.45) is 0 Å². The Bertz CT molecular complexity index is 892. The second-order valence-corrected chi connectivity index (χ2v) is 6.64. The van der Waals surface area contributed by atoms with E-state index in [-0.39, 0.29) is 16.4 Å². The number of hydrogen-bond acceptors (Lipinski definition) is 1. The van der Waals surface area contributed by atoms with Gasteiger partial charge in [0.15, 0.2) is 8.98 Å². The van der Waals surface area contributed by atoms with Crippen molar-refractivity contribution in [3.63, 3.8) is 0 Å². The van der Waals surface area contributed by atoms with Crippen LogP contribution in [0.3, 0.4) is 0 Å². The van der Waals surface area contributed by atoms with Crippen LogP contribution >= 0.6 is 45.8 Å². The van der Waals surface area contributed by atoms with Crippen molar-refractivity contribution in [3.05, 3.63) is 67.6 Å². The lowest BCUT2D eigenvalue weighted by Crippen LogP contribution is -2.03. The Labute approximate surface area is 155 Å². The van der Waals surface area contributed by atoms with Gasteiger partial charge in [0.1, 0.15) is 11.6 Å². The van der Waals surface area contributed by atoms with Crippen LogP contribution in [0.15, 0.2) is 36.4 Å². The molecule has 23 heavy (non-hydrogen) atoms. The van der Waals surface area contributed by atoms with Gasteiger partial charge in [-0.15, -0.1) is 0 Å². The molecule has 0 amide bonds. The van der Waals surface area contributed by atoms with Crippen molar-refractivity contribution in [2.45, 2.75) is 6.92 Å².